The predicted octanol–water partition coefficient (Wildman–Crippen LogP) is 5.00. The molecule has 3 aromatic rings. The van der Waals surface area contributed by atoms with Crippen molar-refractivity contribution in [1.29, 1.82) is 0 Å². The Labute approximate surface area is 163 Å². The first-order valence-corrected chi connectivity index (χ1v) is 11.1. The van der Waals surface area contributed by atoms with Gasteiger partial charge < -0.3 is 0 Å². The van der Waals surface area contributed by atoms with Crippen LogP contribution in [-0.2, 0) is 14.4 Å². The van der Waals surface area contributed by atoms with Gasteiger partial charge in [-0.25, -0.2) is 0 Å². The molecular weight excluding hydrogens is 378 g/mol. The maximum atomic E-state index is 12.5. The van der Waals surface area contributed by atoms with Gasteiger partial charge in [-0.2, -0.15) is 8.42 Å². The zero-order valence-electron chi connectivity index (χ0n) is 15.0. The highest BCUT2D eigenvalue weighted by Gasteiger charge is 2.27. The van der Waals surface area contributed by atoms with Gasteiger partial charge in [0, 0.05) is 22.1 Å². The van der Waals surface area contributed by atoms with Crippen LogP contribution in [-0.4, -0.2) is 19.9 Å². The molecule has 4 nitrogen and oxygen atoms in total. The minimum atomic E-state index is -3.95. The summed E-state index contributed by atoms with van der Waals surface area (Å²) in [6.07, 6.45) is 0. The molecule has 1 heterocycles. The van der Waals surface area contributed by atoms with Gasteiger partial charge in [-0.1, -0.05) is 60.1 Å². The third-order valence-corrected chi connectivity index (χ3v) is 7.08. The van der Waals surface area contributed by atoms with Gasteiger partial charge in [-0.15, -0.1) is 11.8 Å². The Morgan fingerprint density at radius 2 is 1.78 bits per heavy atom. The second-order valence-corrected chi connectivity index (χ2v) is 9.28. The third kappa shape index (κ3) is 3.47. The maximum Gasteiger partial charge on any atom is 0.358 e. The van der Waals surface area contributed by atoms with E-state index in [4.69, 9.17) is 4.28 Å². The zero-order valence-corrected chi connectivity index (χ0v) is 16.7. The average molecular weight is 398 g/mol. The summed E-state index contributed by atoms with van der Waals surface area (Å²) >= 11 is 1.76. The van der Waals surface area contributed by atoms with E-state index < -0.39 is 10.1 Å². The van der Waals surface area contributed by atoms with Crippen LogP contribution >= 0.6 is 11.8 Å². The monoisotopic (exact) mass is 397 g/mol. The minimum Gasteiger partial charge on any atom is -0.264 e. The molecule has 0 spiro atoms. The van der Waals surface area contributed by atoms with Crippen LogP contribution in [0, 0.1) is 12.8 Å². The van der Waals surface area contributed by atoms with Gasteiger partial charge in [0.05, 0.1) is 5.71 Å². The van der Waals surface area contributed by atoms with Crippen LogP contribution in [0.3, 0.4) is 0 Å². The number of nitrogens with zero attached hydrogens (tertiary/aromatic N) is 1. The average Bonchev–Trinajstić information content (AvgIpc) is 2.67. The summed E-state index contributed by atoms with van der Waals surface area (Å²) < 4.78 is 30.2. The van der Waals surface area contributed by atoms with Crippen molar-refractivity contribution in [2.45, 2.75) is 23.6 Å². The zero-order chi connectivity index (χ0) is 19.0. The number of fused-ring (bicyclic) bond motifs is 3. The van der Waals surface area contributed by atoms with Gasteiger partial charge in [0.15, 0.2) is 0 Å². The van der Waals surface area contributed by atoms with Gasteiger partial charge in [0.25, 0.3) is 0 Å². The van der Waals surface area contributed by atoms with Crippen LogP contribution in [0.1, 0.15) is 18.1 Å². The minimum absolute atomic E-state index is 0.0847. The molecule has 3 aromatic carbocycles. The molecule has 1 atom stereocenters. The van der Waals surface area contributed by atoms with Crippen LogP contribution in [0.15, 0.2) is 75.6 Å². The summed E-state index contributed by atoms with van der Waals surface area (Å²) in [7, 11) is -3.95. The first kappa shape index (κ1) is 18.1. The van der Waals surface area contributed by atoms with E-state index in [1.54, 1.807) is 23.9 Å². The van der Waals surface area contributed by atoms with E-state index in [0.29, 0.717) is 5.71 Å². The number of benzene rings is 3. The molecule has 0 aliphatic carbocycles. The number of rotatable bonds is 3. The number of hydrogen-bond acceptors (Lipinski definition) is 5. The molecule has 0 amide bonds. The molecule has 6 heteroatoms. The van der Waals surface area contributed by atoms with Crippen LogP contribution in [0.4, 0.5) is 0 Å². The molecule has 1 aliphatic heterocycles. The normalized spacial score (nSPS) is 18.4. The second-order valence-electron chi connectivity index (χ2n) is 6.69. The van der Waals surface area contributed by atoms with Crippen molar-refractivity contribution in [3.8, 4) is 0 Å². The fourth-order valence-electron chi connectivity index (χ4n) is 3.15. The van der Waals surface area contributed by atoms with Crippen molar-refractivity contribution >= 4 is 38.4 Å². The van der Waals surface area contributed by atoms with E-state index in [2.05, 4.69) is 17.3 Å². The number of thioether (sulfide) groups is 1. The lowest BCUT2D eigenvalue weighted by atomic mass is 9.94. The molecule has 0 saturated carbocycles. The summed E-state index contributed by atoms with van der Waals surface area (Å²) in [5, 5.41) is 6.30. The van der Waals surface area contributed by atoms with Gasteiger partial charge >= 0.3 is 10.1 Å². The lowest BCUT2D eigenvalue weighted by Crippen LogP contribution is -2.22. The van der Waals surface area contributed by atoms with Gasteiger partial charge in [0.2, 0.25) is 0 Å². The highest BCUT2D eigenvalue weighted by Crippen LogP contribution is 2.37. The van der Waals surface area contributed by atoms with E-state index in [0.717, 1.165) is 32.5 Å². The molecule has 0 radical (unpaired) electrons. The van der Waals surface area contributed by atoms with Crippen molar-refractivity contribution < 1.29 is 12.7 Å². The molecule has 0 N–H and O–H groups in total. The van der Waals surface area contributed by atoms with E-state index in [-0.39, 0.29) is 10.8 Å². The fourth-order valence-corrected chi connectivity index (χ4v) is 4.99. The Kier molecular flexibility index (Phi) is 4.70. The molecule has 0 fully saturated rings. The SMILES string of the molecule is Cc1ccc(S(=O)(=O)O/N=C2/c3c(ccc4ccccc34)SCC2C)cc1. The van der Waals surface area contributed by atoms with Crippen LogP contribution in [0.5, 0.6) is 0 Å². The number of oxime groups is 1. The molecule has 0 aromatic heterocycles. The fraction of sp³-hybridized carbons (Fsp3) is 0.190. The lowest BCUT2D eigenvalue weighted by molar-refractivity contribution is 0.336. The summed E-state index contributed by atoms with van der Waals surface area (Å²) in [6.45, 7) is 3.94. The van der Waals surface area contributed by atoms with E-state index in [1.165, 1.54) is 12.1 Å². The van der Waals surface area contributed by atoms with Crippen LogP contribution < -0.4 is 0 Å². The molecule has 4 rings (SSSR count). The molecule has 0 bridgehead atoms. The first-order valence-electron chi connectivity index (χ1n) is 8.69. The molecule has 27 heavy (non-hydrogen) atoms. The molecule has 1 aliphatic rings. The Morgan fingerprint density at radius 1 is 1.04 bits per heavy atom. The van der Waals surface area contributed by atoms with E-state index in [1.807, 2.05) is 38.1 Å². The Morgan fingerprint density at radius 3 is 2.56 bits per heavy atom. The highest BCUT2D eigenvalue weighted by atomic mass is 32.2. The quantitative estimate of drug-likeness (QED) is 0.584. The topological polar surface area (TPSA) is 55.7 Å². The molecule has 1 unspecified atom stereocenters. The van der Waals surface area contributed by atoms with Crippen LogP contribution in [0.2, 0.25) is 0 Å². The van der Waals surface area contributed by atoms with Gasteiger partial charge in [-0.3, -0.25) is 4.28 Å². The van der Waals surface area contributed by atoms with Crippen LogP contribution in [0.25, 0.3) is 10.8 Å². The van der Waals surface area contributed by atoms with Crippen molar-refractivity contribution in [3.05, 3.63) is 71.8 Å². The Bertz CT molecular complexity index is 1140. The maximum absolute atomic E-state index is 12.5. The molecular formula is C21H19NO3S2. The van der Waals surface area contributed by atoms with Crippen molar-refractivity contribution in [1.82, 2.24) is 0 Å². The molecule has 138 valence electrons. The third-order valence-electron chi connectivity index (χ3n) is 4.65. The van der Waals surface area contributed by atoms with Crippen molar-refractivity contribution in [2.24, 2.45) is 11.1 Å². The summed E-state index contributed by atoms with van der Waals surface area (Å²) in [5.74, 6) is 0.916. The second kappa shape index (κ2) is 7.02. The van der Waals surface area contributed by atoms with Gasteiger partial charge in [0.1, 0.15) is 4.90 Å². The van der Waals surface area contributed by atoms with E-state index >= 15 is 0 Å². The summed E-state index contributed by atoms with van der Waals surface area (Å²) in [6, 6.07) is 18.8. The lowest BCUT2D eigenvalue weighted by Gasteiger charge is -2.24. The summed E-state index contributed by atoms with van der Waals surface area (Å²) in [4.78, 5) is 1.20. The predicted molar refractivity (Wildman–Crippen MR) is 110 cm³/mol. The largest absolute Gasteiger partial charge is 0.358 e. The number of hydrogen-bond donors (Lipinski definition) is 0. The molecule has 0 saturated heterocycles. The smallest absolute Gasteiger partial charge is 0.264 e. The Balaban J connectivity index is 1.78. The summed E-state index contributed by atoms with van der Waals surface area (Å²) in [5.41, 5.74) is 2.63. The van der Waals surface area contributed by atoms with Gasteiger partial charge in [-0.05, 0) is 35.9 Å². The van der Waals surface area contributed by atoms with Crippen molar-refractivity contribution in [2.75, 3.05) is 5.75 Å². The first-order chi connectivity index (χ1) is 13.0. The highest BCUT2D eigenvalue weighted by molar-refractivity contribution is 7.99. The standard InChI is InChI=1S/C21H19NO3S2/c1-14-7-10-17(11-8-14)27(23,24)25-22-21-15(2)13-26-19-12-9-16-5-3-4-6-18(16)20(19)21/h3-12,15H,13H2,1-2H3/b22-21+. The van der Waals surface area contributed by atoms with Crippen molar-refractivity contribution in [3.63, 3.8) is 0 Å². The Hall–Kier alpha value is -2.31. The van der Waals surface area contributed by atoms with E-state index in [9.17, 15) is 8.42 Å². The number of aryl methyl sites for hydroxylation is 1.